The molecule has 22 heavy (non-hydrogen) atoms. The van der Waals surface area contributed by atoms with Crippen LogP contribution in [0.15, 0.2) is 0 Å². The van der Waals surface area contributed by atoms with Crippen LogP contribution < -0.4 is 6.15 Å². The third kappa shape index (κ3) is 42.7. The minimum absolute atomic E-state index is 0. The van der Waals surface area contributed by atoms with Gasteiger partial charge < -0.3 is 15.2 Å². The highest BCUT2D eigenvalue weighted by Crippen LogP contribution is 2.10. The van der Waals surface area contributed by atoms with E-state index in [1.807, 2.05) is 0 Å². The monoisotopic (exact) mass is 342 g/mol. The molecule has 0 aliphatic heterocycles. The van der Waals surface area contributed by atoms with Crippen LogP contribution in [0.25, 0.3) is 0 Å². The van der Waals surface area contributed by atoms with E-state index < -0.39 is 10.4 Å². The summed E-state index contributed by atoms with van der Waals surface area (Å²) in [5.41, 5.74) is 0. The van der Waals surface area contributed by atoms with Gasteiger partial charge in [0.1, 0.15) is 0 Å². The van der Waals surface area contributed by atoms with Crippen LogP contribution >= 0.6 is 0 Å². The van der Waals surface area contributed by atoms with Crippen molar-refractivity contribution in [2.75, 3.05) is 27.7 Å². The molecule has 7 heteroatoms. The van der Waals surface area contributed by atoms with Crippen LogP contribution in [0.3, 0.4) is 0 Å². The van der Waals surface area contributed by atoms with E-state index in [-0.39, 0.29) is 6.15 Å². The summed E-state index contributed by atoms with van der Waals surface area (Å²) in [7, 11) is 1.94. The first-order valence-electron chi connectivity index (χ1n) is 8.05. The maximum absolute atomic E-state index is 8.63. The van der Waals surface area contributed by atoms with Crippen LogP contribution in [-0.2, 0) is 10.4 Å². The first kappa shape index (κ1) is 26.7. The number of unbranched alkanes of at least 4 members (excludes halogenated alkanes) is 9. The van der Waals surface area contributed by atoms with Crippen LogP contribution in [0.1, 0.15) is 71.1 Å². The molecule has 0 rings (SSSR count). The molecule has 0 spiro atoms. The normalized spacial score (nSPS) is 11.4. The SMILES string of the molecule is CCCCCCCCCCCC[N+](C)(C)C.N.O=S(=O)([O-])O. The van der Waals surface area contributed by atoms with Gasteiger partial charge in [0, 0.05) is 0 Å². The zero-order valence-corrected chi connectivity index (χ0v) is 15.8. The molecule has 0 saturated heterocycles. The molecule has 0 aliphatic carbocycles. The second-order valence-corrected chi connectivity index (χ2v) is 7.48. The van der Waals surface area contributed by atoms with Crippen LogP contribution in [0.4, 0.5) is 0 Å². The molecule has 0 radical (unpaired) electrons. The topological polar surface area (TPSA) is 112 Å². The fourth-order valence-electron chi connectivity index (χ4n) is 2.07. The van der Waals surface area contributed by atoms with Gasteiger partial charge in [-0.25, -0.2) is 8.42 Å². The predicted octanol–water partition coefficient (Wildman–Crippen LogP) is 3.78. The van der Waals surface area contributed by atoms with E-state index in [2.05, 4.69) is 28.1 Å². The van der Waals surface area contributed by atoms with Gasteiger partial charge in [-0.3, -0.25) is 4.55 Å². The molecule has 0 aromatic heterocycles. The Labute approximate surface area is 138 Å². The Morgan fingerprint density at radius 2 is 1.09 bits per heavy atom. The van der Waals surface area contributed by atoms with Gasteiger partial charge in [0.2, 0.25) is 10.4 Å². The number of quaternary nitrogens is 1. The van der Waals surface area contributed by atoms with Gasteiger partial charge in [0.15, 0.2) is 0 Å². The Morgan fingerprint density at radius 1 is 0.818 bits per heavy atom. The maximum Gasteiger partial charge on any atom is 0.215 e. The van der Waals surface area contributed by atoms with Gasteiger partial charge in [-0.2, -0.15) is 0 Å². The van der Waals surface area contributed by atoms with Gasteiger partial charge in [0.25, 0.3) is 0 Å². The van der Waals surface area contributed by atoms with Crippen molar-refractivity contribution in [3.05, 3.63) is 0 Å². The van der Waals surface area contributed by atoms with E-state index in [0.29, 0.717) is 0 Å². The lowest BCUT2D eigenvalue weighted by atomic mass is 10.1. The molecule has 0 unspecified atom stereocenters. The first-order chi connectivity index (χ1) is 9.56. The van der Waals surface area contributed by atoms with Crippen LogP contribution in [0, 0.1) is 0 Å². The molecule has 0 aromatic carbocycles. The van der Waals surface area contributed by atoms with E-state index in [0.717, 1.165) is 4.48 Å². The van der Waals surface area contributed by atoms with E-state index in [9.17, 15) is 0 Å². The van der Waals surface area contributed by atoms with Gasteiger partial charge in [-0.1, -0.05) is 58.3 Å². The van der Waals surface area contributed by atoms with Crippen LogP contribution in [0.2, 0.25) is 0 Å². The predicted molar refractivity (Wildman–Crippen MR) is 92.1 cm³/mol. The molecular weight excluding hydrogens is 304 g/mol. The van der Waals surface area contributed by atoms with Gasteiger partial charge in [0.05, 0.1) is 27.7 Å². The Balaban J connectivity index is -0.000000520. The standard InChI is InChI=1S/C15H34N.H3N.H2O4S/c1-5-6-7-8-9-10-11-12-13-14-15-16(2,3)4;;1-5(2,3)4/h5-15H2,1-4H3;1H3;(H2,1,2,3,4)/q+1;;/p-1. The highest BCUT2D eigenvalue weighted by molar-refractivity contribution is 7.79. The third-order valence-corrected chi connectivity index (χ3v) is 3.18. The van der Waals surface area contributed by atoms with E-state index in [4.69, 9.17) is 17.5 Å². The van der Waals surface area contributed by atoms with Crippen molar-refractivity contribution in [1.82, 2.24) is 6.15 Å². The Bertz CT molecular complexity index is 306. The molecular formula is C15H38N2O4S. The van der Waals surface area contributed by atoms with Crippen molar-refractivity contribution < 1.29 is 22.0 Å². The zero-order valence-electron chi connectivity index (χ0n) is 15.0. The highest BCUT2D eigenvalue weighted by atomic mass is 32.3. The number of hydrogen-bond donors (Lipinski definition) is 2. The smallest absolute Gasteiger partial charge is 0.215 e. The fourth-order valence-corrected chi connectivity index (χ4v) is 2.07. The summed E-state index contributed by atoms with van der Waals surface area (Å²) in [6, 6.07) is 0. The molecule has 0 fully saturated rings. The molecule has 0 heterocycles. The lowest BCUT2D eigenvalue weighted by molar-refractivity contribution is -0.870. The first-order valence-corrected chi connectivity index (χ1v) is 9.41. The fraction of sp³-hybridized carbons (Fsp3) is 1.00. The molecule has 0 aliphatic rings. The number of nitrogens with zero attached hydrogens (tertiary/aromatic N) is 1. The Morgan fingerprint density at radius 3 is 1.36 bits per heavy atom. The summed E-state index contributed by atoms with van der Waals surface area (Å²) in [5, 5.41) is 0. The summed E-state index contributed by atoms with van der Waals surface area (Å²) in [6.07, 6.45) is 14.4. The molecule has 4 N–H and O–H groups in total. The zero-order chi connectivity index (χ0) is 16.8. The molecule has 0 atom stereocenters. The van der Waals surface area contributed by atoms with Crippen molar-refractivity contribution in [1.29, 1.82) is 0 Å². The average Bonchev–Trinajstić information content (AvgIpc) is 2.28. The van der Waals surface area contributed by atoms with Crippen molar-refractivity contribution in [2.24, 2.45) is 0 Å². The average molecular weight is 343 g/mol. The largest absolute Gasteiger partial charge is 0.726 e. The quantitative estimate of drug-likeness (QED) is 0.257. The van der Waals surface area contributed by atoms with Crippen molar-refractivity contribution in [2.45, 2.75) is 71.1 Å². The lowest BCUT2D eigenvalue weighted by Crippen LogP contribution is -2.35. The van der Waals surface area contributed by atoms with Crippen molar-refractivity contribution >= 4 is 10.4 Å². The van der Waals surface area contributed by atoms with Gasteiger partial charge in [-0.15, -0.1) is 0 Å². The molecule has 138 valence electrons. The summed E-state index contributed by atoms with van der Waals surface area (Å²) >= 11 is 0. The van der Waals surface area contributed by atoms with Crippen LogP contribution in [0.5, 0.6) is 0 Å². The van der Waals surface area contributed by atoms with Crippen molar-refractivity contribution in [3.63, 3.8) is 0 Å². The maximum atomic E-state index is 8.63. The minimum atomic E-state index is -4.92. The second-order valence-electron chi connectivity index (χ2n) is 6.62. The van der Waals surface area contributed by atoms with Gasteiger partial charge in [-0.05, 0) is 12.8 Å². The minimum Gasteiger partial charge on any atom is -0.726 e. The summed E-state index contributed by atoms with van der Waals surface area (Å²) in [4.78, 5) is 0. The molecule has 0 saturated carbocycles. The van der Waals surface area contributed by atoms with E-state index >= 15 is 0 Å². The third-order valence-electron chi connectivity index (χ3n) is 3.18. The van der Waals surface area contributed by atoms with E-state index in [1.54, 1.807) is 0 Å². The summed E-state index contributed by atoms with van der Waals surface area (Å²) in [5.74, 6) is 0. The number of hydrogen-bond acceptors (Lipinski definition) is 4. The summed E-state index contributed by atoms with van der Waals surface area (Å²) in [6.45, 7) is 3.62. The van der Waals surface area contributed by atoms with Crippen LogP contribution in [-0.4, -0.2) is 49.7 Å². The molecule has 0 aromatic rings. The lowest BCUT2D eigenvalue weighted by Gasteiger charge is -2.23. The highest BCUT2D eigenvalue weighted by Gasteiger charge is 2.04. The second kappa shape index (κ2) is 15.7. The molecule has 6 nitrogen and oxygen atoms in total. The Kier molecular flexibility index (Phi) is 19.0. The molecule has 0 bridgehead atoms. The summed E-state index contributed by atoms with van der Waals surface area (Å²) < 4.78 is 34.0. The van der Waals surface area contributed by atoms with Crippen molar-refractivity contribution in [3.8, 4) is 0 Å². The van der Waals surface area contributed by atoms with E-state index in [1.165, 1.54) is 70.8 Å². The van der Waals surface area contributed by atoms with Gasteiger partial charge >= 0.3 is 0 Å². The molecule has 0 amide bonds. The Hall–Kier alpha value is -0.210. The number of rotatable bonds is 11.